The standard InChI is InChI=1S/C15H16N2O2S2/c1-2-4-12-8-14(19)17-15(16-12)21-10-13-7-11(9-20-13)5-3-6-18/h7-9,18H,2,4,6,10H2,1H3,(H,16,17,19). The third-order valence-electron chi connectivity index (χ3n) is 2.60. The monoisotopic (exact) mass is 320 g/mol. The highest BCUT2D eigenvalue weighted by atomic mass is 32.2. The van der Waals surface area contributed by atoms with Gasteiger partial charge >= 0.3 is 0 Å². The molecule has 110 valence electrons. The van der Waals surface area contributed by atoms with E-state index in [1.807, 2.05) is 11.4 Å². The molecule has 0 radical (unpaired) electrons. The predicted octanol–water partition coefficient (Wildman–Crippen LogP) is 2.42. The van der Waals surface area contributed by atoms with E-state index in [2.05, 4.69) is 28.7 Å². The molecule has 0 bridgehead atoms. The van der Waals surface area contributed by atoms with Crippen molar-refractivity contribution in [2.24, 2.45) is 0 Å². The summed E-state index contributed by atoms with van der Waals surface area (Å²) in [5, 5.41) is 11.3. The number of nitrogens with one attached hydrogen (secondary N) is 1. The molecule has 0 saturated heterocycles. The maximum absolute atomic E-state index is 11.6. The first-order valence-corrected chi connectivity index (χ1v) is 8.48. The molecule has 2 aromatic rings. The van der Waals surface area contributed by atoms with Crippen LogP contribution in [0.1, 0.15) is 29.5 Å². The van der Waals surface area contributed by atoms with Gasteiger partial charge in [-0.2, -0.15) is 0 Å². The van der Waals surface area contributed by atoms with Gasteiger partial charge in [-0.1, -0.05) is 36.9 Å². The van der Waals surface area contributed by atoms with Crippen LogP contribution >= 0.6 is 23.1 Å². The lowest BCUT2D eigenvalue weighted by molar-refractivity contribution is 0.350. The number of hydrogen-bond donors (Lipinski definition) is 2. The van der Waals surface area contributed by atoms with Crippen LogP contribution in [0.5, 0.6) is 0 Å². The van der Waals surface area contributed by atoms with Gasteiger partial charge in [0, 0.05) is 33.3 Å². The fraction of sp³-hybridized carbons (Fsp3) is 0.333. The van der Waals surface area contributed by atoms with Gasteiger partial charge < -0.3 is 10.1 Å². The zero-order chi connectivity index (χ0) is 15.1. The van der Waals surface area contributed by atoms with Crippen molar-refractivity contribution in [3.8, 4) is 11.8 Å². The molecule has 0 atom stereocenters. The van der Waals surface area contributed by atoms with Gasteiger partial charge in [0.25, 0.3) is 5.56 Å². The molecule has 0 aromatic carbocycles. The quantitative estimate of drug-likeness (QED) is 0.504. The highest BCUT2D eigenvalue weighted by Gasteiger charge is 2.04. The van der Waals surface area contributed by atoms with E-state index < -0.39 is 0 Å². The van der Waals surface area contributed by atoms with Gasteiger partial charge in [-0.05, 0) is 12.5 Å². The van der Waals surface area contributed by atoms with Crippen molar-refractivity contribution in [1.82, 2.24) is 9.97 Å². The molecule has 0 fully saturated rings. The number of aryl methyl sites for hydroxylation is 1. The third kappa shape index (κ3) is 5.05. The number of thioether (sulfide) groups is 1. The van der Waals surface area contributed by atoms with Crippen LogP contribution in [0.3, 0.4) is 0 Å². The normalized spacial score (nSPS) is 10.2. The Kier molecular flexibility index (Phi) is 6.05. The molecule has 0 saturated carbocycles. The van der Waals surface area contributed by atoms with Gasteiger partial charge in [-0.3, -0.25) is 4.79 Å². The number of aromatic amines is 1. The maximum Gasteiger partial charge on any atom is 0.251 e. The van der Waals surface area contributed by atoms with Crippen molar-refractivity contribution in [1.29, 1.82) is 0 Å². The molecule has 6 heteroatoms. The lowest BCUT2D eigenvalue weighted by Crippen LogP contribution is -2.09. The van der Waals surface area contributed by atoms with E-state index in [4.69, 9.17) is 5.11 Å². The SMILES string of the molecule is CCCc1cc(=O)[nH]c(SCc2cc(C#CCO)cs2)n1. The minimum Gasteiger partial charge on any atom is -0.384 e. The molecule has 2 heterocycles. The Morgan fingerprint density at radius 1 is 1.48 bits per heavy atom. The molecular weight excluding hydrogens is 304 g/mol. The van der Waals surface area contributed by atoms with E-state index in [0.717, 1.165) is 34.7 Å². The van der Waals surface area contributed by atoms with Crippen molar-refractivity contribution in [2.45, 2.75) is 30.7 Å². The Hall–Kier alpha value is -1.55. The second-order valence-corrected chi connectivity index (χ2v) is 6.30. The van der Waals surface area contributed by atoms with Crippen molar-refractivity contribution in [3.63, 3.8) is 0 Å². The smallest absolute Gasteiger partial charge is 0.251 e. The summed E-state index contributed by atoms with van der Waals surface area (Å²) in [6.45, 7) is 1.94. The lowest BCUT2D eigenvalue weighted by atomic mass is 10.2. The number of hydrogen-bond acceptors (Lipinski definition) is 5. The van der Waals surface area contributed by atoms with Gasteiger partial charge in [0.05, 0.1) is 0 Å². The zero-order valence-corrected chi connectivity index (χ0v) is 13.3. The molecule has 4 nitrogen and oxygen atoms in total. The van der Waals surface area contributed by atoms with Gasteiger partial charge in [-0.25, -0.2) is 4.98 Å². The first-order chi connectivity index (χ1) is 10.2. The van der Waals surface area contributed by atoms with Crippen LogP contribution < -0.4 is 5.56 Å². The average molecular weight is 320 g/mol. The molecule has 21 heavy (non-hydrogen) atoms. The highest BCUT2D eigenvalue weighted by Crippen LogP contribution is 2.23. The molecule has 2 rings (SSSR count). The van der Waals surface area contributed by atoms with Crippen molar-refractivity contribution < 1.29 is 5.11 Å². The first kappa shape index (κ1) is 15.8. The number of aliphatic hydroxyl groups is 1. The Labute approximate surface area is 131 Å². The summed E-state index contributed by atoms with van der Waals surface area (Å²) in [6.07, 6.45) is 1.79. The minimum atomic E-state index is -0.130. The number of nitrogens with zero attached hydrogens (tertiary/aromatic N) is 1. The Balaban J connectivity index is 2.02. The molecule has 0 unspecified atom stereocenters. The van der Waals surface area contributed by atoms with Crippen molar-refractivity contribution >= 4 is 23.1 Å². The molecular formula is C15H16N2O2S2. The van der Waals surface area contributed by atoms with Crippen LogP contribution in [0.2, 0.25) is 0 Å². The number of H-pyrrole nitrogens is 1. The number of aliphatic hydroxyl groups excluding tert-OH is 1. The van der Waals surface area contributed by atoms with Crippen molar-refractivity contribution in [3.05, 3.63) is 44.0 Å². The highest BCUT2D eigenvalue weighted by molar-refractivity contribution is 7.98. The molecule has 0 spiro atoms. The molecule has 0 amide bonds. The van der Waals surface area contributed by atoms with Crippen LogP contribution in [0, 0.1) is 11.8 Å². The fourth-order valence-corrected chi connectivity index (χ4v) is 3.51. The first-order valence-electron chi connectivity index (χ1n) is 6.61. The second-order valence-electron chi connectivity index (χ2n) is 4.34. The minimum absolute atomic E-state index is 0.100. The Bertz CT molecular complexity index is 710. The van der Waals surface area contributed by atoms with E-state index in [1.165, 1.54) is 11.8 Å². The van der Waals surface area contributed by atoms with Crippen LogP contribution in [0.15, 0.2) is 27.5 Å². The van der Waals surface area contributed by atoms with Gasteiger partial charge in [0.2, 0.25) is 0 Å². The van der Waals surface area contributed by atoms with E-state index in [0.29, 0.717) is 5.16 Å². The largest absolute Gasteiger partial charge is 0.384 e. The topological polar surface area (TPSA) is 66.0 Å². The summed E-state index contributed by atoms with van der Waals surface area (Å²) in [5.74, 6) is 6.24. The second kappa shape index (κ2) is 8.03. The summed E-state index contributed by atoms with van der Waals surface area (Å²) >= 11 is 3.12. The predicted molar refractivity (Wildman–Crippen MR) is 86.7 cm³/mol. The molecule has 0 aliphatic carbocycles. The number of thiophene rings is 1. The Morgan fingerprint density at radius 2 is 2.33 bits per heavy atom. The molecule has 2 N–H and O–H groups in total. The number of aromatic nitrogens is 2. The van der Waals surface area contributed by atoms with E-state index in [-0.39, 0.29) is 12.2 Å². The average Bonchev–Trinajstić information content (AvgIpc) is 2.91. The molecule has 0 aliphatic heterocycles. The van der Waals surface area contributed by atoms with Gasteiger partial charge in [-0.15, -0.1) is 11.3 Å². The summed E-state index contributed by atoms with van der Waals surface area (Å²) in [6, 6.07) is 3.55. The van der Waals surface area contributed by atoms with Crippen LogP contribution in [0.25, 0.3) is 0 Å². The van der Waals surface area contributed by atoms with E-state index >= 15 is 0 Å². The lowest BCUT2D eigenvalue weighted by Gasteiger charge is -2.02. The summed E-state index contributed by atoms with van der Waals surface area (Å²) in [5.41, 5.74) is 1.65. The Morgan fingerprint density at radius 3 is 3.10 bits per heavy atom. The van der Waals surface area contributed by atoms with Gasteiger partial charge in [0.1, 0.15) is 6.61 Å². The molecule has 2 aromatic heterocycles. The summed E-state index contributed by atoms with van der Waals surface area (Å²) < 4.78 is 0. The maximum atomic E-state index is 11.6. The van der Waals surface area contributed by atoms with E-state index in [1.54, 1.807) is 17.4 Å². The summed E-state index contributed by atoms with van der Waals surface area (Å²) in [7, 11) is 0. The van der Waals surface area contributed by atoms with Crippen molar-refractivity contribution in [2.75, 3.05) is 6.61 Å². The van der Waals surface area contributed by atoms with Gasteiger partial charge in [0.15, 0.2) is 5.16 Å². The third-order valence-corrected chi connectivity index (χ3v) is 4.64. The summed E-state index contributed by atoms with van der Waals surface area (Å²) in [4.78, 5) is 19.9. The van der Waals surface area contributed by atoms with E-state index in [9.17, 15) is 4.79 Å². The zero-order valence-electron chi connectivity index (χ0n) is 11.7. The number of rotatable bonds is 5. The van der Waals surface area contributed by atoms with Crippen LogP contribution in [-0.2, 0) is 12.2 Å². The van der Waals surface area contributed by atoms with Crippen LogP contribution in [0.4, 0.5) is 0 Å². The van der Waals surface area contributed by atoms with Crippen LogP contribution in [-0.4, -0.2) is 21.7 Å². The molecule has 0 aliphatic rings. The fourth-order valence-electron chi connectivity index (χ4n) is 1.74.